The molecule has 0 radical (unpaired) electrons. The highest BCUT2D eigenvalue weighted by molar-refractivity contribution is 7.71. The summed E-state index contributed by atoms with van der Waals surface area (Å²) in [6, 6.07) is 8.88. The van der Waals surface area contributed by atoms with Crippen LogP contribution in [0.4, 0.5) is 0 Å². The number of ether oxygens (including phenoxy) is 1. The van der Waals surface area contributed by atoms with Gasteiger partial charge in [0.25, 0.3) is 5.56 Å². The molecule has 98 valence electrons. The highest BCUT2D eigenvalue weighted by Gasteiger charge is 2.18. The zero-order valence-electron chi connectivity index (χ0n) is 10.5. The Morgan fingerprint density at radius 2 is 1.95 bits per heavy atom. The molecule has 5 nitrogen and oxygen atoms in total. The molecule has 0 aliphatic heterocycles. The first-order valence-electron chi connectivity index (χ1n) is 5.56. The van der Waals surface area contributed by atoms with Gasteiger partial charge in [0.05, 0.1) is 12.8 Å². The van der Waals surface area contributed by atoms with Crippen LogP contribution < -0.4 is 5.56 Å². The predicted octanol–water partition coefficient (Wildman–Crippen LogP) is 1.99. The molecule has 0 fully saturated rings. The molecule has 1 aromatic carbocycles. The Hall–Kier alpha value is -2.21. The maximum absolute atomic E-state index is 12.4. The fourth-order valence-electron chi connectivity index (χ4n) is 1.80. The Bertz CT molecular complexity index is 732. The predicted molar refractivity (Wildman–Crippen MR) is 73.3 cm³/mol. The molecule has 0 saturated heterocycles. The quantitative estimate of drug-likeness (QED) is 0.673. The number of carbonyl (C=O) groups excluding carboxylic acids is 1. The molecule has 6 heteroatoms. The number of para-hydroxylation sites is 1. The van der Waals surface area contributed by atoms with Crippen LogP contribution in [0.15, 0.2) is 35.1 Å². The molecule has 1 N–H and O–H groups in total. The molecule has 0 saturated carbocycles. The van der Waals surface area contributed by atoms with Crippen LogP contribution in [0, 0.1) is 11.7 Å². The number of esters is 1. The lowest BCUT2D eigenvalue weighted by atomic mass is 10.2. The van der Waals surface area contributed by atoms with Crippen molar-refractivity contribution in [2.45, 2.75) is 6.92 Å². The van der Waals surface area contributed by atoms with Gasteiger partial charge in [-0.25, -0.2) is 4.79 Å². The Morgan fingerprint density at radius 3 is 2.53 bits per heavy atom. The molecule has 0 unspecified atom stereocenters. The summed E-state index contributed by atoms with van der Waals surface area (Å²) >= 11 is 5.15. The fourth-order valence-corrected chi connectivity index (χ4v) is 2.14. The van der Waals surface area contributed by atoms with Gasteiger partial charge < -0.3 is 9.72 Å². The zero-order chi connectivity index (χ0) is 14.0. The Labute approximate surface area is 114 Å². The molecule has 19 heavy (non-hydrogen) atoms. The van der Waals surface area contributed by atoms with Crippen molar-refractivity contribution in [2.75, 3.05) is 7.11 Å². The molecule has 0 spiro atoms. The highest BCUT2D eigenvalue weighted by Crippen LogP contribution is 2.08. The topological polar surface area (TPSA) is 64.1 Å². The summed E-state index contributed by atoms with van der Waals surface area (Å²) in [6.07, 6.45) is 0. The SMILES string of the molecule is COC(=O)c1c(C)[nH]c(=S)n(-c2ccccc2)c1=O. The number of aryl methyl sites for hydroxylation is 1. The lowest BCUT2D eigenvalue weighted by Crippen LogP contribution is -2.29. The molecule has 0 amide bonds. The Morgan fingerprint density at radius 1 is 1.32 bits per heavy atom. The van der Waals surface area contributed by atoms with E-state index < -0.39 is 11.5 Å². The monoisotopic (exact) mass is 276 g/mol. The average Bonchev–Trinajstić information content (AvgIpc) is 2.39. The zero-order valence-corrected chi connectivity index (χ0v) is 11.3. The van der Waals surface area contributed by atoms with E-state index in [4.69, 9.17) is 12.2 Å². The van der Waals surface area contributed by atoms with E-state index >= 15 is 0 Å². The largest absolute Gasteiger partial charge is 0.465 e. The van der Waals surface area contributed by atoms with Crippen molar-refractivity contribution < 1.29 is 9.53 Å². The van der Waals surface area contributed by atoms with Crippen molar-refractivity contribution in [3.05, 3.63) is 56.7 Å². The van der Waals surface area contributed by atoms with Gasteiger partial charge in [0.15, 0.2) is 4.77 Å². The molecule has 2 aromatic rings. The first kappa shape index (κ1) is 13.2. The number of H-pyrrole nitrogens is 1. The maximum atomic E-state index is 12.4. The summed E-state index contributed by atoms with van der Waals surface area (Å²) < 4.78 is 6.13. The van der Waals surface area contributed by atoms with Gasteiger partial charge in [0, 0.05) is 5.69 Å². The van der Waals surface area contributed by atoms with Crippen LogP contribution in [-0.4, -0.2) is 22.6 Å². The van der Waals surface area contributed by atoms with Crippen molar-refractivity contribution in [1.29, 1.82) is 0 Å². The minimum absolute atomic E-state index is 0.0417. The van der Waals surface area contributed by atoms with E-state index in [1.54, 1.807) is 31.2 Å². The number of benzene rings is 1. The van der Waals surface area contributed by atoms with Gasteiger partial charge >= 0.3 is 5.97 Å². The summed E-state index contributed by atoms with van der Waals surface area (Å²) in [6.45, 7) is 1.61. The number of nitrogens with one attached hydrogen (secondary N) is 1. The van der Waals surface area contributed by atoms with Gasteiger partial charge in [-0.1, -0.05) is 18.2 Å². The molecule has 0 bridgehead atoms. The smallest absolute Gasteiger partial charge is 0.345 e. The van der Waals surface area contributed by atoms with Gasteiger partial charge in [-0.15, -0.1) is 0 Å². The van der Waals surface area contributed by atoms with Crippen LogP contribution in [0.25, 0.3) is 5.69 Å². The highest BCUT2D eigenvalue weighted by atomic mass is 32.1. The number of methoxy groups -OCH3 is 1. The first-order valence-corrected chi connectivity index (χ1v) is 5.96. The number of nitrogens with zero attached hydrogens (tertiary/aromatic N) is 1. The molecule has 0 aliphatic carbocycles. The summed E-state index contributed by atoms with van der Waals surface area (Å²) in [5, 5.41) is 0. The number of hydrogen-bond donors (Lipinski definition) is 1. The minimum Gasteiger partial charge on any atom is -0.465 e. The second-order valence-electron chi connectivity index (χ2n) is 3.90. The van der Waals surface area contributed by atoms with Crippen LogP contribution >= 0.6 is 12.2 Å². The van der Waals surface area contributed by atoms with Crippen molar-refractivity contribution >= 4 is 18.2 Å². The van der Waals surface area contributed by atoms with Crippen LogP contribution in [0.1, 0.15) is 16.1 Å². The second kappa shape index (κ2) is 5.19. The standard InChI is InChI=1S/C13H12N2O3S/c1-8-10(12(17)18-2)11(16)15(13(19)14-8)9-6-4-3-5-7-9/h3-7H,1-2H3,(H,14,19). The molecule has 1 aromatic heterocycles. The third kappa shape index (κ3) is 2.34. The van der Waals surface area contributed by atoms with Crippen molar-refractivity contribution in [3.8, 4) is 5.69 Å². The molecular formula is C13H12N2O3S. The lowest BCUT2D eigenvalue weighted by Gasteiger charge is -2.10. The first-order chi connectivity index (χ1) is 9.06. The molecule has 2 rings (SSSR count). The van der Waals surface area contributed by atoms with E-state index in [0.29, 0.717) is 11.4 Å². The van der Waals surface area contributed by atoms with E-state index in [-0.39, 0.29) is 10.3 Å². The van der Waals surface area contributed by atoms with Crippen LogP contribution in [0.5, 0.6) is 0 Å². The van der Waals surface area contributed by atoms with Gasteiger partial charge in [0.1, 0.15) is 5.56 Å². The van der Waals surface area contributed by atoms with E-state index in [1.165, 1.54) is 11.7 Å². The lowest BCUT2D eigenvalue weighted by molar-refractivity contribution is 0.0596. The van der Waals surface area contributed by atoms with E-state index in [0.717, 1.165) is 0 Å². The van der Waals surface area contributed by atoms with Gasteiger partial charge in [-0.3, -0.25) is 9.36 Å². The van der Waals surface area contributed by atoms with E-state index in [9.17, 15) is 9.59 Å². The molecule has 0 atom stereocenters. The number of rotatable bonds is 2. The third-order valence-corrected chi connectivity index (χ3v) is 2.98. The van der Waals surface area contributed by atoms with Crippen LogP contribution in [0.2, 0.25) is 0 Å². The summed E-state index contributed by atoms with van der Waals surface area (Å²) in [4.78, 5) is 26.9. The third-order valence-electron chi connectivity index (χ3n) is 2.69. The molecular weight excluding hydrogens is 264 g/mol. The van der Waals surface area contributed by atoms with Gasteiger partial charge in [-0.2, -0.15) is 0 Å². The number of aromatic amines is 1. The van der Waals surface area contributed by atoms with Gasteiger partial charge in [0.2, 0.25) is 0 Å². The van der Waals surface area contributed by atoms with Crippen LogP contribution in [-0.2, 0) is 4.74 Å². The van der Waals surface area contributed by atoms with E-state index in [2.05, 4.69) is 9.72 Å². The maximum Gasteiger partial charge on any atom is 0.345 e. The summed E-state index contributed by atoms with van der Waals surface area (Å²) in [7, 11) is 1.23. The van der Waals surface area contributed by atoms with Crippen LogP contribution in [0.3, 0.4) is 0 Å². The normalized spacial score (nSPS) is 10.2. The van der Waals surface area contributed by atoms with E-state index in [1.807, 2.05) is 6.07 Å². The summed E-state index contributed by atoms with van der Waals surface area (Å²) in [5.41, 5.74) is 0.465. The molecule has 0 aliphatic rings. The minimum atomic E-state index is -0.682. The Balaban J connectivity index is 2.81. The molecule has 1 heterocycles. The second-order valence-corrected chi connectivity index (χ2v) is 4.28. The number of aromatic nitrogens is 2. The fraction of sp³-hybridized carbons (Fsp3) is 0.154. The number of carbonyl (C=O) groups is 1. The summed E-state index contributed by atoms with van der Waals surface area (Å²) in [5.74, 6) is -0.682. The average molecular weight is 276 g/mol. The Kier molecular flexibility index (Phi) is 3.62. The van der Waals surface area contributed by atoms with Crippen molar-refractivity contribution in [2.24, 2.45) is 0 Å². The van der Waals surface area contributed by atoms with Crippen molar-refractivity contribution in [3.63, 3.8) is 0 Å². The van der Waals surface area contributed by atoms with Gasteiger partial charge in [-0.05, 0) is 31.3 Å². The van der Waals surface area contributed by atoms with Crippen molar-refractivity contribution in [1.82, 2.24) is 9.55 Å². The number of hydrogen-bond acceptors (Lipinski definition) is 4.